The van der Waals surface area contributed by atoms with Gasteiger partial charge in [-0.1, -0.05) is 30.2 Å². The van der Waals surface area contributed by atoms with Crippen LogP contribution in [0.2, 0.25) is 0 Å². The van der Waals surface area contributed by atoms with E-state index in [1.165, 1.54) is 38.5 Å². The third-order valence-corrected chi connectivity index (χ3v) is 4.38. The lowest BCUT2D eigenvalue weighted by molar-refractivity contribution is 0.0956. The Hall–Kier alpha value is -1.01. The van der Waals surface area contributed by atoms with Gasteiger partial charge in [0.25, 0.3) is 5.91 Å². The molecule has 1 heterocycles. The van der Waals surface area contributed by atoms with Crippen molar-refractivity contribution in [3.63, 3.8) is 0 Å². The monoisotopic (exact) mass is 282 g/mol. The molecule has 5 nitrogen and oxygen atoms in total. The number of carbonyl (C=O) groups excluding carboxylic acids is 1. The smallest absolute Gasteiger partial charge is 0.264 e. The van der Waals surface area contributed by atoms with Crippen molar-refractivity contribution in [1.29, 1.82) is 0 Å². The van der Waals surface area contributed by atoms with E-state index >= 15 is 0 Å². The van der Waals surface area contributed by atoms with Crippen molar-refractivity contribution in [3.8, 4) is 0 Å². The maximum absolute atomic E-state index is 11.8. The van der Waals surface area contributed by atoms with E-state index in [0.29, 0.717) is 23.2 Å². The van der Waals surface area contributed by atoms with Crippen molar-refractivity contribution < 1.29 is 4.79 Å². The van der Waals surface area contributed by atoms with Crippen molar-refractivity contribution in [1.82, 2.24) is 20.2 Å². The maximum atomic E-state index is 11.8. The summed E-state index contributed by atoms with van der Waals surface area (Å²) in [5.41, 5.74) is 0.708. The first kappa shape index (κ1) is 14.4. The summed E-state index contributed by atoms with van der Waals surface area (Å²) < 4.78 is 3.77. The molecule has 2 N–H and O–H groups in total. The van der Waals surface area contributed by atoms with Crippen molar-refractivity contribution in [2.75, 3.05) is 13.1 Å². The fraction of sp³-hybridized carbons (Fsp3) is 0.769. The Morgan fingerprint density at radius 3 is 2.63 bits per heavy atom. The largest absolute Gasteiger partial charge is 0.350 e. The summed E-state index contributed by atoms with van der Waals surface area (Å²) >= 11 is 1.15. The molecule has 0 spiro atoms. The molecule has 0 unspecified atom stereocenters. The predicted molar refractivity (Wildman–Crippen MR) is 76.5 cm³/mol. The molecule has 0 saturated heterocycles. The van der Waals surface area contributed by atoms with E-state index in [9.17, 15) is 4.79 Å². The second-order valence-electron chi connectivity index (χ2n) is 5.09. The van der Waals surface area contributed by atoms with E-state index in [-0.39, 0.29) is 5.91 Å². The summed E-state index contributed by atoms with van der Waals surface area (Å²) in [7, 11) is 0. The third-order valence-electron chi connectivity index (χ3n) is 3.56. The van der Waals surface area contributed by atoms with Gasteiger partial charge in [0.2, 0.25) is 0 Å². The van der Waals surface area contributed by atoms with Crippen LogP contribution in [0.1, 0.15) is 53.9 Å². The van der Waals surface area contributed by atoms with Crippen molar-refractivity contribution in [3.05, 3.63) is 10.6 Å². The summed E-state index contributed by atoms with van der Waals surface area (Å²) in [6.45, 7) is 3.30. The molecule has 0 aromatic carbocycles. The van der Waals surface area contributed by atoms with Crippen LogP contribution in [-0.4, -0.2) is 34.6 Å². The average molecular weight is 282 g/mol. The zero-order valence-corrected chi connectivity index (χ0v) is 12.3. The van der Waals surface area contributed by atoms with Gasteiger partial charge >= 0.3 is 0 Å². The Kier molecular flexibility index (Phi) is 5.72. The molecule has 0 aliphatic heterocycles. The van der Waals surface area contributed by atoms with Gasteiger partial charge in [0, 0.05) is 19.1 Å². The molecule has 1 saturated carbocycles. The zero-order valence-electron chi connectivity index (χ0n) is 11.4. The van der Waals surface area contributed by atoms with Crippen LogP contribution in [0.15, 0.2) is 0 Å². The summed E-state index contributed by atoms with van der Waals surface area (Å²) in [6, 6.07) is 0.631. The molecular formula is C13H22N4OS. The van der Waals surface area contributed by atoms with Gasteiger partial charge in [-0.05, 0) is 31.3 Å². The summed E-state index contributed by atoms with van der Waals surface area (Å²) in [6.07, 6.45) is 7.93. The van der Waals surface area contributed by atoms with Crippen LogP contribution >= 0.6 is 11.5 Å². The van der Waals surface area contributed by atoms with Crippen LogP contribution in [0.3, 0.4) is 0 Å². The highest BCUT2D eigenvalue weighted by atomic mass is 32.1. The van der Waals surface area contributed by atoms with Crippen LogP contribution in [0.4, 0.5) is 0 Å². The molecule has 1 aliphatic rings. The normalized spacial score (nSPS) is 17.1. The molecule has 1 fully saturated rings. The lowest BCUT2D eigenvalue weighted by Crippen LogP contribution is -2.36. The van der Waals surface area contributed by atoms with Crippen LogP contribution in [0.25, 0.3) is 0 Å². The van der Waals surface area contributed by atoms with Gasteiger partial charge in [0.05, 0.1) is 5.69 Å². The van der Waals surface area contributed by atoms with E-state index in [1.54, 1.807) is 0 Å². The summed E-state index contributed by atoms with van der Waals surface area (Å²) in [5, 5.41) is 10.3. The first-order valence-corrected chi connectivity index (χ1v) is 7.85. The number of carbonyl (C=O) groups is 1. The topological polar surface area (TPSA) is 66.9 Å². The average Bonchev–Trinajstić information content (AvgIpc) is 2.68. The number of amides is 1. The second kappa shape index (κ2) is 7.55. The lowest BCUT2D eigenvalue weighted by Gasteiger charge is -2.16. The number of rotatable bonds is 5. The molecule has 1 amide bonds. The van der Waals surface area contributed by atoms with E-state index in [1.807, 2.05) is 6.92 Å². The van der Waals surface area contributed by atoms with Crippen molar-refractivity contribution in [2.24, 2.45) is 0 Å². The fourth-order valence-corrected chi connectivity index (χ4v) is 3.03. The van der Waals surface area contributed by atoms with E-state index in [0.717, 1.165) is 18.1 Å². The Balaban J connectivity index is 1.64. The SMILES string of the molecule is Cc1nnsc1C(=O)NCCNC1CCCCCC1. The van der Waals surface area contributed by atoms with Crippen LogP contribution in [-0.2, 0) is 0 Å². The molecule has 19 heavy (non-hydrogen) atoms. The highest BCUT2D eigenvalue weighted by molar-refractivity contribution is 7.07. The first-order valence-electron chi connectivity index (χ1n) is 7.08. The minimum Gasteiger partial charge on any atom is -0.350 e. The standard InChI is InChI=1S/C13H22N4OS/c1-10-12(19-17-16-10)13(18)15-9-8-14-11-6-4-2-3-5-7-11/h11,14H,2-9H2,1H3,(H,15,18). The second-order valence-corrected chi connectivity index (χ2v) is 5.84. The molecule has 1 aromatic heterocycles. The highest BCUT2D eigenvalue weighted by Crippen LogP contribution is 2.16. The van der Waals surface area contributed by atoms with Gasteiger partial charge in [0.15, 0.2) is 0 Å². The van der Waals surface area contributed by atoms with Gasteiger partial charge in [-0.15, -0.1) is 5.10 Å². The molecule has 106 valence electrons. The van der Waals surface area contributed by atoms with E-state index in [2.05, 4.69) is 20.2 Å². The predicted octanol–water partition coefficient (Wildman–Crippen LogP) is 1.89. The quantitative estimate of drug-likeness (QED) is 0.639. The van der Waals surface area contributed by atoms with Gasteiger partial charge in [-0.25, -0.2) is 0 Å². The number of nitrogens with zero attached hydrogens (tertiary/aromatic N) is 2. The number of nitrogens with one attached hydrogen (secondary N) is 2. The molecule has 2 rings (SSSR count). The Morgan fingerprint density at radius 2 is 2.00 bits per heavy atom. The number of hydrogen-bond acceptors (Lipinski definition) is 5. The lowest BCUT2D eigenvalue weighted by atomic mass is 10.1. The Labute approximate surface area is 118 Å². The minimum atomic E-state index is -0.0600. The van der Waals surface area contributed by atoms with Crippen LogP contribution in [0.5, 0.6) is 0 Å². The van der Waals surface area contributed by atoms with Crippen LogP contribution < -0.4 is 10.6 Å². The fourth-order valence-electron chi connectivity index (χ4n) is 2.46. The Morgan fingerprint density at radius 1 is 1.26 bits per heavy atom. The molecule has 0 atom stereocenters. The van der Waals surface area contributed by atoms with Crippen molar-refractivity contribution in [2.45, 2.75) is 51.5 Å². The Bertz CT molecular complexity index is 399. The molecule has 0 radical (unpaired) electrons. The molecular weight excluding hydrogens is 260 g/mol. The minimum absolute atomic E-state index is 0.0600. The number of hydrogen-bond donors (Lipinski definition) is 2. The first-order chi connectivity index (χ1) is 9.27. The van der Waals surface area contributed by atoms with Gasteiger partial charge in [-0.2, -0.15) is 0 Å². The zero-order chi connectivity index (χ0) is 13.5. The summed E-state index contributed by atoms with van der Waals surface area (Å²) in [5.74, 6) is -0.0600. The highest BCUT2D eigenvalue weighted by Gasteiger charge is 2.13. The molecule has 1 aliphatic carbocycles. The van der Waals surface area contributed by atoms with Crippen LogP contribution in [0, 0.1) is 6.92 Å². The summed E-state index contributed by atoms with van der Waals surface area (Å²) in [4.78, 5) is 12.4. The van der Waals surface area contributed by atoms with E-state index in [4.69, 9.17) is 0 Å². The van der Waals surface area contributed by atoms with Gasteiger partial charge in [-0.3, -0.25) is 4.79 Å². The number of aryl methyl sites for hydroxylation is 1. The maximum Gasteiger partial charge on any atom is 0.264 e. The number of aromatic nitrogens is 2. The molecule has 0 bridgehead atoms. The van der Waals surface area contributed by atoms with Crippen molar-refractivity contribution >= 4 is 17.4 Å². The van der Waals surface area contributed by atoms with E-state index < -0.39 is 0 Å². The molecule has 6 heteroatoms. The van der Waals surface area contributed by atoms with Gasteiger partial charge < -0.3 is 10.6 Å². The third kappa shape index (κ3) is 4.54. The van der Waals surface area contributed by atoms with Gasteiger partial charge in [0.1, 0.15) is 4.88 Å². The molecule has 1 aromatic rings.